The standard InChI is InChI=1S/C13H13FN2O3S/c1-8-2-3-9(10(14)6-8)12(18)15-4-5-16-11(17)7-20-13(16)19/h2-3,6H,4-5,7H2,1H3,(H,15,18). The lowest BCUT2D eigenvalue weighted by Gasteiger charge is -2.13. The Bertz CT molecular complexity index is 561. The fraction of sp³-hybridized carbons (Fsp3) is 0.308. The van der Waals surface area contributed by atoms with E-state index in [2.05, 4.69) is 5.32 Å². The average molecular weight is 296 g/mol. The number of carbonyl (C=O) groups excluding carboxylic acids is 3. The third-order valence-corrected chi connectivity index (χ3v) is 3.69. The molecule has 1 N–H and O–H groups in total. The Labute approximate surface area is 119 Å². The lowest BCUT2D eigenvalue weighted by molar-refractivity contribution is -0.124. The molecule has 1 fully saturated rings. The fourth-order valence-electron chi connectivity index (χ4n) is 1.78. The first kappa shape index (κ1) is 14.5. The Balaban J connectivity index is 1.89. The van der Waals surface area contributed by atoms with E-state index in [9.17, 15) is 18.8 Å². The van der Waals surface area contributed by atoms with Crippen LogP contribution in [0.15, 0.2) is 18.2 Å². The maximum Gasteiger partial charge on any atom is 0.288 e. The molecular formula is C13H13FN2O3S. The van der Waals surface area contributed by atoms with Crippen molar-refractivity contribution in [3.63, 3.8) is 0 Å². The summed E-state index contributed by atoms with van der Waals surface area (Å²) in [6.07, 6.45) is 0. The van der Waals surface area contributed by atoms with Crippen LogP contribution in [-0.2, 0) is 4.79 Å². The number of aryl methyl sites for hydroxylation is 1. The van der Waals surface area contributed by atoms with Gasteiger partial charge in [0.05, 0.1) is 11.3 Å². The minimum absolute atomic E-state index is 0.0518. The molecule has 106 valence electrons. The third kappa shape index (κ3) is 3.16. The van der Waals surface area contributed by atoms with E-state index in [4.69, 9.17) is 0 Å². The molecule has 7 heteroatoms. The molecule has 1 aromatic rings. The van der Waals surface area contributed by atoms with Crippen LogP contribution in [0.4, 0.5) is 9.18 Å². The zero-order valence-electron chi connectivity index (χ0n) is 10.8. The molecule has 1 aromatic carbocycles. The summed E-state index contributed by atoms with van der Waals surface area (Å²) in [7, 11) is 0. The topological polar surface area (TPSA) is 66.5 Å². The number of hydrogen-bond acceptors (Lipinski definition) is 4. The molecule has 0 aliphatic carbocycles. The van der Waals surface area contributed by atoms with Gasteiger partial charge in [-0.2, -0.15) is 0 Å². The molecule has 2 rings (SSSR count). The number of carbonyl (C=O) groups is 3. The monoisotopic (exact) mass is 296 g/mol. The quantitative estimate of drug-likeness (QED) is 0.915. The van der Waals surface area contributed by atoms with Gasteiger partial charge in [-0.15, -0.1) is 0 Å². The minimum atomic E-state index is -0.591. The van der Waals surface area contributed by atoms with Crippen LogP contribution in [0.3, 0.4) is 0 Å². The molecule has 0 unspecified atom stereocenters. The highest BCUT2D eigenvalue weighted by Gasteiger charge is 2.29. The van der Waals surface area contributed by atoms with Gasteiger partial charge >= 0.3 is 0 Å². The number of hydrogen-bond donors (Lipinski definition) is 1. The van der Waals surface area contributed by atoms with E-state index in [-0.39, 0.29) is 35.6 Å². The van der Waals surface area contributed by atoms with Crippen molar-refractivity contribution in [2.75, 3.05) is 18.8 Å². The van der Waals surface area contributed by atoms with Crippen molar-refractivity contribution >= 4 is 28.8 Å². The molecule has 1 aliphatic rings. The van der Waals surface area contributed by atoms with Gasteiger partial charge in [0.2, 0.25) is 5.91 Å². The van der Waals surface area contributed by atoms with E-state index in [0.29, 0.717) is 0 Å². The highest BCUT2D eigenvalue weighted by atomic mass is 32.2. The summed E-state index contributed by atoms with van der Waals surface area (Å²) < 4.78 is 13.6. The van der Waals surface area contributed by atoms with Crippen molar-refractivity contribution < 1.29 is 18.8 Å². The summed E-state index contributed by atoms with van der Waals surface area (Å²) in [5, 5.41) is 2.18. The second-order valence-electron chi connectivity index (χ2n) is 4.34. The van der Waals surface area contributed by atoms with Crippen LogP contribution < -0.4 is 5.32 Å². The van der Waals surface area contributed by atoms with Crippen LogP contribution in [0.5, 0.6) is 0 Å². The number of nitrogens with zero attached hydrogens (tertiary/aromatic N) is 1. The van der Waals surface area contributed by atoms with E-state index in [1.165, 1.54) is 12.1 Å². The van der Waals surface area contributed by atoms with Gasteiger partial charge in [0.1, 0.15) is 5.82 Å². The number of nitrogens with one attached hydrogen (secondary N) is 1. The van der Waals surface area contributed by atoms with Crippen molar-refractivity contribution in [2.24, 2.45) is 0 Å². The maximum atomic E-state index is 13.6. The first-order valence-electron chi connectivity index (χ1n) is 6.00. The second-order valence-corrected chi connectivity index (χ2v) is 5.27. The Hall–Kier alpha value is -1.89. The van der Waals surface area contributed by atoms with Gasteiger partial charge in [-0.25, -0.2) is 4.39 Å². The molecule has 0 bridgehead atoms. The van der Waals surface area contributed by atoms with Gasteiger partial charge in [-0.05, 0) is 24.6 Å². The molecule has 1 saturated heterocycles. The molecule has 5 nitrogen and oxygen atoms in total. The van der Waals surface area contributed by atoms with Crippen molar-refractivity contribution in [1.29, 1.82) is 0 Å². The smallest absolute Gasteiger partial charge is 0.288 e. The first-order chi connectivity index (χ1) is 9.49. The van der Waals surface area contributed by atoms with Gasteiger partial charge < -0.3 is 5.32 Å². The first-order valence-corrected chi connectivity index (χ1v) is 6.99. The van der Waals surface area contributed by atoms with Crippen LogP contribution in [0, 0.1) is 12.7 Å². The minimum Gasteiger partial charge on any atom is -0.350 e. The predicted octanol–water partition coefficient (Wildman–Crippen LogP) is 1.56. The summed E-state index contributed by atoms with van der Waals surface area (Å²) in [4.78, 5) is 35.5. The van der Waals surface area contributed by atoms with Gasteiger partial charge in [-0.1, -0.05) is 17.8 Å². The summed E-state index contributed by atoms with van der Waals surface area (Å²) in [5.74, 6) is -1.28. The number of amides is 3. The van der Waals surface area contributed by atoms with Crippen molar-refractivity contribution in [3.8, 4) is 0 Å². The van der Waals surface area contributed by atoms with Crippen LogP contribution in [0.25, 0.3) is 0 Å². The Morgan fingerprint density at radius 2 is 2.20 bits per heavy atom. The second kappa shape index (κ2) is 6.04. The highest BCUT2D eigenvalue weighted by molar-refractivity contribution is 8.14. The molecule has 1 aliphatic heterocycles. The number of halogens is 1. The van der Waals surface area contributed by atoms with Gasteiger partial charge in [0.25, 0.3) is 11.1 Å². The van der Waals surface area contributed by atoms with Crippen LogP contribution in [0.1, 0.15) is 15.9 Å². The van der Waals surface area contributed by atoms with E-state index in [1.807, 2.05) is 0 Å². The number of imide groups is 1. The molecule has 3 amide bonds. The number of rotatable bonds is 4. The van der Waals surface area contributed by atoms with Crippen molar-refractivity contribution in [2.45, 2.75) is 6.92 Å². The molecule has 0 spiro atoms. The zero-order valence-corrected chi connectivity index (χ0v) is 11.6. The zero-order chi connectivity index (χ0) is 14.7. The van der Waals surface area contributed by atoms with Crippen LogP contribution in [-0.4, -0.2) is 40.8 Å². The summed E-state index contributed by atoms with van der Waals surface area (Å²) in [5.41, 5.74) is 0.674. The normalized spacial score (nSPS) is 14.8. The highest BCUT2D eigenvalue weighted by Crippen LogP contribution is 2.17. The molecule has 0 radical (unpaired) electrons. The number of benzene rings is 1. The number of thioether (sulfide) groups is 1. The van der Waals surface area contributed by atoms with E-state index in [0.717, 1.165) is 22.2 Å². The predicted molar refractivity (Wildman–Crippen MR) is 73.0 cm³/mol. The SMILES string of the molecule is Cc1ccc(C(=O)NCCN2C(=O)CSC2=O)c(F)c1. The Morgan fingerprint density at radius 1 is 1.45 bits per heavy atom. The summed E-state index contributed by atoms with van der Waals surface area (Å²) in [6.45, 7) is 1.93. The van der Waals surface area contributed by atoms with Gasteiger partial charge in [0, 0.05) is 13.1 Å². The van der Waals surface area contributed by atoms with E-state index in [1.54, 1.807) is 13.0 Å². The third-order valence-electron chi connectivity index (χ3n) is 2.83. The van der Waals surface area contributed by atoms with Crippen LogP contribution >= 0.6 is 11.8 Å². The maximum absolute atomic E-state index is 13.6. The van der Waals surface area contributed by atoms with E-state index >= 15 is 0 Å². The fourth-order valence-corrected chi connectivity index (χ4v) is 2.53. The average Bonchev–Trinajstić information content (AvgIpc) is 2.70. The van der Waals surface area contributed by atoms with Crippen LogP contribution in [0.2, 0.25) is 0 Å². The van der Waals surface area contributed by atoms with Crippen molar-refractivity contribution in [1.82, 2.24) is 10.2 Å². The molecule has 0 atom stereocenters. The Morgan fingerprint density at radius 3 is 2.80 bits per heavy atom. The summed E-state index contributed by atoms with van der Waals surface area (Å²) >= 11 is 0.937. The molecule has 0 aromatic heterocycles. The lowest BCUT2D eigenvalue weighted by Crippen LogP contribution is -2.37. The van der Waals surface area contributed by atoms with Gasteiger partial charge in [0.15, 0.2) is 0 Å². The lowest BCUT2D eigenvalue weighted by atomic mass is 10.1. The molecule has 20 heavy (non-hydrogen) atoms. The largest absolute Gasteiger partial charge is 0.350 e. The van der Waals surface area contributed by atoms with Gasteiger partial charge in [-0.3, -0.25) is 19.3 Å². The molecule has 1 heterocycles. The molecule has 0 saturated carbocycles. The summed E-state index contributed by atoms with van der Waals surface area (Å²) in [6, 6.07) is 4.32. The molecular weight excluding hydrogens is 283 g/mol. The Kier molecular flexibility index (Phi) is 4.39. The van der Waals surface area contributed by atoms with Crippen molar-refractivity contribution in [3.05, 3.63) is 35.1 Å². The van der Waals surface area contributed by atoms with E-state index < -0.39 is 11.7 Å².